The second-order valence-electron chi connectivity index (χ2n) is 7.09. The van der Waals surface area contributed by atoms with Crippen LogP contribution in [0.5, 0.6) is 0 Å². The highest BCUT2D eigenvalue weighted by molar-refractivity contribution is 7.81. The highest BCUT2D eigenvalue weighted by atomic mass is 32.1. The van der Waals surface area contributed by atoms with Crippen LogP contribution in [0.15, 0.2) is 36.8 Å². The molecule has 3 heterocycles. The van der Waals surface area contributed by atoms with Crippen LogP contribution < -0.4 is 15.5 Å². The molecule has 7 nitrogen and oxygen atoms in total. The topological polar surface area (TPSA) is 85.9 Å². The highest BCUT2D eigenvalue weighted by Crippen LogP contribution is 2.33. The summed E-state index contributed by atoms with van der Waals surface area (Å²) in [5.41, 5.74) is 3.07. The number of nitrogens with zero attached hydrogens (tertiary/aromatic N) is 3. The van der Waals surface area contributed by atoms with Crippen molar-refractivity contribution in [3.05, 3.63) is 53.1 Å². The summed E-state index contributed by atoms with van der Waals surface area (Å²) in [6.07, 6.45) is 8.79. The standard InChI is InChI=1S/C20H24N6OS2/c1-13-5-6-14(15(11-13)26-9-3-2-4-10-26)24-19(27)25-20-23-12-16(29-20)17(28)18-21-7-8-22-18/h5-8,11-12,17,28H,2-4,9-10H2,1H3,(H,21,22)(H2,23,24,25,27). The van der Waals surface area contributed by atoms with Crippen molar-refractivity contribution >= 4 is 46.5 Å². The number of hydrogen-bond acceptors (Lipinski definition) is 6. The summed E-state index contributed by atoms with van der Waals surface area (Å²) in [5.74, 6) is 0.749. The lowest BCUT2D eigenvalue weighted by Gasteiger charge is -2.30. The van der Waals surface area contributed by atoms with E-state index in [0.717, 1.165) is 35.2 Å². The number of H-pyrrole nitrogens is 1. The summed E-state index contributed by atoms with van der Waals surface area (Å²) in [7, 11) is 0. The fraction of sp³-hybridized carbons (Fsp3) is 0.350. The van der Waals surface area contributed by atoms with Crippen molar-refractivity contribution in [3.63, 3.8) is 0 Å². The van der Waals surface area contributed by atoms with E-state index in [-0.39, 0.29) is 11.3 Å². The zero-order chi connectivity index (χ0) is 20.2. The Labute approximate surface area is 179 Å². The second kappa shape index (κ2) is 8.87. The molecule has 0 bridgehead atoms. The van der Waals surface area contributed by atoms with E-state index < -0.39 is 0 Å². The third kappa shape index (κ3) is 4.73. The third-order valence-electron chi connectivity index (χ3n) is 4.89. The summed E-state index contributed by atoms with van der Waals surface area (Å²) in [6, 6.07) is 5.81. The van der Waals surface area contributed by atoms with Crippen molar-refractivity contribution < 1.29 is 4.79 Å². The quantitative estimate of drug-likeness (QED) is 0.439. The van der Waals surface area contributed by atoms with Gasteiger partial charge in [0.2, 0.25) is 0 Å². The zero-order valence-corrected chi connectivity index (χ0v) is 17.9. The van der Waals surface area contributed by atoms with Gasteiger partial charge in [0.05, 0.1) is 16.6 Å². The molecular formula is C20H24N6OS2. The first-order valence-electron chi connectivity index (χ1n) is 9.67. The number of carbonyl (C=O) groups excluding carboxylic acids is 1. The van der Waals surface area contributed by atoms with Crippen LogP contribution in [0.4, 0.5) is 21.3 Å². The molecule has 0 aliphatic carbocycles. The van der Waals surface area contributed by atoms with Crippen LogP contribution in [-0.4, -0.2) is 34.1 Å². The molecule has 1 atom stereocenters. The van der Waals surface area contributed by atoms with E-state index in [4.69, 9.17) is 0 Å². The Kier molecular flexibility index (Phi) is 6.05. The molecule has 1 aliphatic rings. The number of thiazole rings is 1. The van der Waals surface area contributed by atoms with Crippen LogP contribution in [0, 0.1) is 6.92 Å². The molecule has 3 N–H and O–H groups in total. The molecule has 1 saturated heterocycles. The number of imidazole rings is 1. The van der Waals surface area contributed by atoms with Crippen LogP contribution in [0.1, 0.15) is 40.8 Å². The van der Waals surface area contributed by atoms with Crippen molar-refractivity contribution in [1.82, 2.24) is 15.0 Å². The molecule has 2 aromatic heterocycles. The molecule has 0 spiro atoms. The van der Waals surface area contributed by atoms with Gasteiger partial charge in [-0.2, -0.15) is 12.6 Å². The molecule has 1 unspecified atom stereocenters. The van der Waals surface area contributed by atoms with E-state index in [1.54, 1.807) is 18.6 Å². The number of aryl methyl sites for hydroxylation is 1. The van der Waals surface area contributed by atoms with Gasteiger partial charge in [0.25, 0.3) is 0 Å². The van der Waals surface area contributed by atoms with Crippen LogP contribution in [0.2, 0.25) is 0 Å². The number of carbonyl (C=O) groups is 1. The number of hydrogen-bond donors (Lipinski definition) is 4. The first-order valence-corrected chi connectivity index (χ1v) is 11.0. The fourth-order valence-electron chi connectivity index (χ4n) is 3.43. The zero-order valence-electron chi connectivity index (χ0n) is 16.2. The van der Waals surface area contributed by atoms with Gasteiger partial charge in [-0.15, -0.1) is 11.3 Å². The first-order chi connectivity index (χ1) is 14.1. The van der Waals surface area contributed by atoms with E-state index in [0.29, 0.717) is 5.13 Å². The average molecular weight is 429 g/mol. The molecule has 4 rings (SSSR count). The summed E-state index contributed by atoms with van der Waals surface area (Å²) in [5, 5.41) is 6.14. The maximum atomic E-state index is 12.6. The van der Waals surface area contributed by atoms with E-state index >= 15 is 0 Å². The van der Waals surface area contributed by atoms with Crippen molar-refractivity contribution in [2.24, 2.45) is 0 Å². The lowest BCUT2D eigenvalue weighted by atomic mass is 10.1. The van der Waals surface area contributed by atoms with Gasteiger partial charge >= 0.3 is 6.03 Å². The molecule has 2 amide bonds. The number of amides is 2. The van der Waals surface area contributed by atoms with E-state index in [9.17, 15) is 4.79 Å². The maximum absolute atomic E-state index is 12.6. The number of nitrogens with one attached hydrogen (secondary N) is 3. The van der Waals surface area contributed by atoms with Gasteiger partial charge in [-0.25, -0.2) is 14.8 Å². The Hall–Kier alpha value is -2.52. The minimum absolute atomic E-state index is 0.205. The number of urea groups is 1. The van der Waals surface area contributed by atoms with Crippen molar-refractivity contribution in [2.45, 2.75) is 31.4 Å². The minimum atomic E-state index is -0.304. The van der Waals surface area contributed by atoms with E-state index in [2.05, 4.69) is 56.1 Å². The minimum Gasteiger partial charge on any atom is -0.370 e. The summed E-state index contributed by atoms with van der Waals surface area (Å²) in [6.45, 7) is 4.11. The largest absolute Gasteiger partial charge is 0.370 e. The molecule has 29 heavy (non-hydrogen) atoms. The molecule has 3 aromatic rings. The van der Waals surface area contributed by atoms with Crippen molar-refractivity contribution in [2.75, 3.05) is 28.6 Å². The normalized spacial score (nSPS) is 15.2. The SMILES string of the molecule is Cc1ccc(NC(=O)Nc2ncc(C(S)c3ncc[nH]3)s2)c(N2CCCCC2)c1. The van der Waals surface area contributed by atoms with Crippen LogP contribution in [-0.2, 0) is 0 Å². The molecule has 0 saturated carbocycles. The Morgan fingerprint density at radius 1 is 1.24 bits per heavy atom. The van der Waals surface area contributed by atoms with Crippen LogP contribution in [0.25, 0.3) is 0 Å². The van der Waals surface area contributed by atoms with E-state index in [1.165, 1.54) is 36.2 Å². The number of aromatic amines is 1. The monoisotopic (exact) mass is 428 g/mol. The summed E-state index contributed by atoms with van der Waals surface area (Å²) < 4.78 is 0. The lowest BCUT2D eigenvalue weighted by Crippen LogP contribution is -2.31. The molecule has 152 valence electrons. The lowest BCUT2D eigenvalue weighted by molar-refractivity contribution is 0.262. The Morgan fingerprint density at radius 3 is 2.83 bits per heavy atom. The van der Waals surface area contributed by atoms with Gasteiger partial charge in [-0.3, -0.25) is 5.32 Å². The van der Waals surface area contributed by atoms with Gasteiger partial charge in [0, 0.05) is 36.6 Å². The van der Waals surface area contributed by atoms with Gasteiger partial charge in [0.1, 0.15) is 5.82 Å². The number of aromatic nitrogens is 3. The molecule has 1 aliphatic heterocycles. The Morgan fingerprint density at radius 2 is 2.07 bits per heavy atom. The maximum Gasteiger partial charge on any atom is 0.325 e. The predicted octanol–water partition coefficient (Wildman–Crippen LogP) is 4.83. The summed E-state index contributed by atoms with van der Waals surface area (Å²) >= 11 is 5.97. The summed E-state index contributed by atoms with van der Waals surface area (Å²) in [4.78, 5) is 27.4. The molecule has 9 heteroatoms. The Bertz CT molecular complexity index is 965. The van der Waals surface area contributed by atoms with Gasteiger partial charge in [-0.05, 0) is 43.9 Å². The number of piperidine rings is 1. The van der Waals surface area contributed by atoms with Gasteiger partial charge in [-0.1, -0.05) is 6.07 Å². The smallest absolute Gasteiger partial charge is 0.325 e. The van der Waals surface area contributed by atoms with Crippen LogP contribution >= 0.6 is 24.0 Å². The number of benzene rings is 1. The van der Waals surface area contributed by atoms with Gasteiger partial charge in [0.15, 0.2) is 5.13 Å². The molecule has 1 fully saturated rings. The molecule has 1 aromatic carbocycles. The number of rotatable bonds is 5. The van der Waals surface area contributed by atoms with E-state index in [1.807, 2.05) is 12.1 Å². The molecule has 0 radical (unpaired) electrons. The number of anilines is 3. The van der Waals surface area contributed by atoms with Crippen molar-refractivity contribution in [1.29, 1.82) is 0 Å². The van der Waals surface area contributed by atoms with Gasteiger partial charge < -0.3 is 15.2 Å². The first kappa shape index (κ1) is 19.8. The second-order valence-corrected chi connectivity index (χ2v) is 8.67. The third-order valence-corrected chi connectivity index (χ3v) is 6.57. The Balaban J connectivity index is 1.44. The van der Waals surface area contributed by atoms with Crippen LogP contribution in [0.3, 0.4) is 0 Å². The molecular weight excluding hydrogens is 404 g/mol. The number of thiol groups is 1. The predicted molar refractivity (Wildman–Crippen MR) is 121 cm³/mol. The highest BCUT2D eigenvalue weighted by Gasteiger charge is 2.18. The fourth-order valence-corrected chi connectivity index (χ4v) is 4.59. The average Bonchev–Trinajstić information content (AvgIpc) is 3.42. The van der Waals surface area contributed by atoms with Crippen molar-refractivity contribution in [3.8, 4) is 0 Å².